The molecule has 4 atom stereocenters. The third-order valence-corrected chi connectivity index (χ3v) is 6.24. The highest BCUT2D eigenvalue weighted by atomic mass is 16.7. The first-order chi connectivity index (χ1) is 8.41. The topological polar surface area (TPSA) is 22.8 Å². The van der Waals surface area contributed by atoms with E-state index in [1.807, 2.05) is 0 Å². The van der Waals surface area contributed by atoms with Gasteiger partial charge in [-0.25, -0.2) is 6.57 Å². The molecule has 1 saturated heterocycles. The quantitative estimate of drug-likeness (QED) is 0.523. The highest BCUT2D eigenvalue weighted by molar-refractivity contribution is 6.51. The Kier molecular flexibility index (Phi) is 1.86. The Morgan fingerprint density at radius 1 is 1.28 bits per heavy atom. The molecule has 0 aromatic rings. The summed E-state index contributed by atoms with van der Waals surface area (Å²) < 4.78 is 12.5. The molecule has 4 saturated carbocycles. The van der Waals surface area contributed by atoms with Crippen LogP contribution >= 0.6 is 0 Å². The molecule has 0 radical (unpaired) electrons. The lowest BCUT2D eigenvalue weighted by Gasteiger charge is -2.63. The molecule has 0 N–H and O–H groups in total. The van der Waals surface area contributed by atoms with E-state index in [4.69, 9.17) is 15.9 Å². The minimum absolute atomic E-state index is 0.131. The number of hydrogen-bond donors (Lipinski definition) is 0. The summed E-state index contributed by atoms with van der Waals surface area (Å²) in [6, 6.07) is 0. The van der Waals surface area contributed by atoms with Gasteiger partial charge < -0.3 is 14.2 Å². The zero-order chi connectivity index (χ0) is 12.8. The fourth-order valence-corrected chi connectivity index (χ4v) is 4.47. The van der Waals surface area contributed by atoms with Crippen LogP contribution in [0.15, 0.2) is 0 Å². The minimum atomic E-state index is -0.338. The van der Waals surface area contributed by atoms with Crippen molar-refractivity contribution in [2.75, 3.05) is 0 Å². The maximum Gasteiger partial charge on any atom is 0.555 e. The van der Waals surface area contributed by atoms with Gasteiger partial charge in [0.2, 0.25) is 0 Å². The summed E-state index contributed by atoms with van der Waals surface area (Å²) in [4.78, 5) is 3.78. The van der Waals surface area contributed by atoms with E-state index < -0.39 is 0 Å². The standard InChI is InChI=1S/C14H20BNO2/c1-12(2)9-7-10(12)11-13(3,8-9)18-15(17-11)14(16-4)5-6-14/h9-11H,5-8H2,1-3H3/t9?,10-,11+,13-/m0/s1. The summed E-state index contributed by atoms with van der Waals surface area (Å²) in [6.45, 7) is 14.3. The van der Waals surface area contributed by atoms with Crippen LogP contribution in [0.4, 0.5) is 0 Å². The van der Waals surface area contributed by atoms with Gasteiger partial charge in [0.05, 0.1) is 11.7 Å². The van der Waals surface area contributed by atoms with Crippen molar-refractivity contribution in [3.8, 4) is 0 Å². The van der Waals surface area contributed by atoms with E-state index in [-0.39, 0.29) is 24.3 Å². The van der Waals surface area contributed by atoms with Gasteiger partial charge in [0, 0.05) is 12.8 Å². The average molecular weight is 245 g/mol. The first kappa shape index (κ1) is 11.3. The zero-order valence-corrected chi connectivity index (χ0v) is 11.4. The van der Waals surface area contributed by atoms with E-state index in [1.54, 1.807) is 0 Å². The van der Waals surface area contributed by atoms with Crippen molar-refractivity contribution in [1.82, 2.24) is 0 Å². The van der Waals surface area contributed by atoms with Crippen LogP contribution in [0, 0.1) is 23.8 Å². The first-order valence-corrected chi connectivity index (χ1v) is 7.13. The SMILES string of the molecule is [C-]#[N+]C1(B2O[C@@H]3[C@@H]4CC(C[C@]3(C)O2)C4(C)C)CC1. The molecule has 4 aliphatic carbocycles. The Balaban J connectivity index is 1.63. The molecule has 3 nitrogen and oxygen atoms in total. The molecule has 5 aliphatic rings. The van der Waals surface area contributed by atoms with Crippen LogP contribution in [0.2, 0.25) is 0 Å². The summed E-state index contributed by atoms with van der Waals surface area (Å²) in [7, 11) is -0.264. The van der Waals surface area contributed by atoms with Crippen molar-refractivity contribution in [3.05, 3.63) is 11.4 Å². The van der Waals surface area contributed by atoms with E-state index in [9.17, 15) is 0 Å². The summed E-state index contributed by atoms with van der Waals surface area (Å²) in [5.74, 6) is 1.39. The summed E-state index contributed by atoms with van der Waals surface area (Å²) in [6.07, 6.45) is 4.49. The normalized spacial score (nSPS) is 50.1. The molecular weight excluding hydrogens is 225 g/mol. The summed E-state index contributed by atoms with van der Waals surface area (Å²) >= 11 is 0. The van der Waals surface area contributed by atoms with Gasteiger partial charge in [0.15, 0.2) is 0 Å². The first-order valence-electron chi connectivity index (χ1n) is 7.13. The Morgan fingerprint density at radius 2 is 2.00 bits per heavy atom. The molecule has 0 amide bonds. The van der Waals surface area contributed by atoms with Crippen LogP contribution in [-0.4, -0.2) is 24.3 Å². The number of nitrogens with zero attached hydrogens (tertiary/aromatic N) is 1. The summed E-state index contributed by atoms with van der Waals surface area (Å²) in [5, 5.41) is 0. The van der Waals surface area contributed by atoms with E-state index in [1.165, 1.54) is 6.42 Å². The van der Waals surface area contributed by atoms with Crippen LogP contribution < -0.4 is 0 Å². The second-order valence-electron chi connectivity index (χ2n) is 7.60. The van der Waals surface area contributed by atoms with Crippen molar-refractivity contribution in [3.63, 3.8) is 0 Å². The largest absolute Gasteiger partial charge is 0.555 e. The molecule has 0 aromatic carbocycles. The van der Waals surface area contributed by atoms with Crippen molar-refractivity contribution in [1.29, 1.82) is 0 Å². The molecular formula is C14H20BNO2. The van der Waals surface area contributed by atoms with Gasteiger partial charge >= 0.3 is 7.12 Å². The van der Waals surface area contributed by atoms with Crippen molar-refractivity contribution in [2.45, 2.75) is 63.6 Å². The fraction of sp³-hybridized carbons (Fsp3) is 0.929. The molecule has 1 aliphatic heterocycles. The lowest BCUT2D eigenvalue weighted by Crippen LogP contribution is -2.63. The lowest BCUT2D eigenvalue weighted by molar-refractivity contribution is -0.185. The Bertz CT molecular complexity index is 453. The molecule has 5 fully saturated rings. The van der Waals surface area contributed by atoms with Crippen LogP contribution in [-0.2, 0) is 9.31 Å². The van der Waals surface area contributed by atoms with E-state index in [2.05, 4.69) is 25.6 Å². The molecule has 4 heteroatoms. The van der Waals surface area contributed by atoms with Gasteiger partial charge in [-0.2, -0.15) is 0 Å². The van der Waals surface area contributed by atoms with Gasteiger partial charge in [-0.3, -0.25) is 0 Å². The predicted octanol–water partition coefficient (Wildman–Crippen LogP) is 2.71. The van der Waals surface area contributed by atoms with Gasteiger partial charge in [0.25, 0.3) is 5.44 Å². The second-order valence-corrected chi connectivity index (χ2v) is 7.60. The Labute approximate surface area is 109 Å². The molecule has 1 heterocycles. The monoisotopic (exact) mass is 245 g/mol. The van der Waals surface area contributed by atoms with Crippen molar-refractivity contribution < 1.29 is 9.31 Å². The van der Waals surface area contributed by atoms with E-state index in [0.29, 0.717) is 11.3 Å². The second kappa shape index (κ2) is 2.97. The highest BCUT2D eigenvalue weighted by Crippen LogP contribution is 2.65. The van der Waals surface area contributed by atoms with E-state index >= 15 is 0 Å². The number of rotatable bonds is 1. The molecule has 96 valence electrons. The molecule has 18 heavy (non-hydrogen) atoms. The smallest absolute Gasteiger partial charge is 0.399 e. The van der Waals surface area contributed by atoms with Crippen LogP contribution in [0.3, 0.4) is 0 Å². The minimum Gasteiger partial charge on any atom is -0.399 e. The van der Waals surface area contributed by atoms with Gasteiger partial charge in [0.1, 0.15) is 0 Å². The van der Waals surface area contributed by atoms with Gasteiger partial charge in [-0.15, -0.1) is 0 Å². The molecule has 0 aromatic heterocycles. The third-order valence-electron chi connectivity index (χ3n) is 6.24. The number of hydrogen-bond acceptors (Lipinski definition) is 2. The third kappa shape index (κ3) is 1.13. The van der Waals surface area contributed by atoms with Crippen LogP contribution in [0.5, 0.6) is 0 Å². The van der Waals surface area contributed by atoms with Gasteiger partial charge in [-0.05, 0) is 37.0 Å². The highest BCUT2D eigenvalue weighted by Gasteiger charge is 2.74. The maximum absolute atomic E-state index is 7.36. The average Bonchev–Trinajstić information content (AvgIpc) is 3.04. The lowest BCUT2D eigenvalue weighted by atomic mass is 9.45. The molecule has 5 rings (SSSR count). The molecule has 0 spiro atoms. The summed E-state index contributed by atoms with van der Waals surface area (Å²) in [5.41, 5.74) is -0.0693. The van der Waals surface area contributed by atoms with Gasteiger partial charge in [-0.1, -0.05) is 13.8 Å². The van der Waals surface area contributed by atoms with Crippen molar-refractivity contribution >= 4 is 7.12 Å². The fourth-order valence-electron chi connectivity index (χ4n) is 4.47. The Morgan fingerprint density at radius 3 is 2.56 bits per heavy atom. The van der Waals surface area contributed by atoms with E-state index in [0.717, 1.165) is 25.2 Å². The molecule has 1 unspecified atom stereocenters. The Hall–Kier alpha value is -0.525. The van der Waals surface area contributed by atoms with Crippen LogP contribution in [0.25, 0.3) is 4.85 Å². The zero-order valence-electron chi connectivity index (χ0n) is 11.4. The molecule has 2 bridgehead atoms. The predicted molar refractivity (Wildman–Crippen MR) is 68.7 cm³/mol. The van der Waals surface area contributed by atoms with Crippen molar-refractivity contribution in [2.24, 2.45) is 17.3 Å². The maximum atomic E-state index is 7.36. The van der Waals surface area contributed by atoms with Crippen LogP contribution in [0.1, 0.15) is 46.5 Å².